The van der Waals surface area contributed by atoms with E-state index in [4.69, 9.17) is 4.74 Å². The molecule has 0 aliphatic rings. The van der Waals surface area contributed by atoms with Crippen LogP contribution in [0.2, 0.25) is 0 Å². The fourth-order valence-corrected chi connectivity index (χ4v) is 1.42. The van der Waals surface area contributed by atoms with E-state index in [0.717, 1.165) is 11.1 Å². The van der Waals surface area contributed by atoms with Crippen LogP contribution in [0.15, 0.2) is 30.9 Å². The van der Waals surface area contributed by atoms with Gasteiger partial charge in [0.2, 0.25) is 0 Å². The molecule has 0 aromatic heterocycles. The highest BCUT2D eigenvalue weighted by atomic mass is 16.5. The van der Waals surface area contributed by atoms with Crippen molar-refractivity contribution in [2.75, 3.05) is 7.11 Å². The molecule has 0 amide bonds. The van der Waals surface area contributed by atoms with E-state index in [0.29, 0.717) is 12.0 Å². The number of carbonyl (C=O) groups is 1. The predicted molar refractivity (Wildman–Crippen MR) is 56.4 cm³/mol. The first kappa shape index (κ1) is 10.5. The molecule has 2 nitrogen and oxygen atoms in total. The van der Waals surface area contributed by atoms with Gasteiger partial charge >= 0.3 is 5.97 Å². The van der Waals surface area contributed by atoms with Gasteiger partial charge in [-0.3, -0.25) is 0 Å². The molecule has 0 saturated carbocycles. The van der Waals surface area contributed by atoms with Crippen molar-refractivity contribution in [2.24, 2.45) is 0 Å². The quantitative estimate of drug-likeness (QED) is 0.540. The maximum atomic E-state index is 11.4. The van der Waals surface area contributed by atoms with Crippen LogP contribution in [-0.2, 0) is 11.2 Å². The molecule has 0 atom stereocenters. The number of rotatable bonds is 3. The molecule has 0 spiro atoms. The number of carbonyl (C=O) groups excluding carboxylic acids is 1. The Hall–Kier alpha value is -1.57. The molecule has 0 saturated heterocycles. The van der Waals surface area contributed by atoms with Crippen molar-refractivity contribution in [3.63, 3.8) is 0 Å². The summed E-state index contributed by atoms with van der Waals surface area (Å²) >= 11 is 0. The molecule has 0 unspecified atom stereocenters. The molecule has 0 heterocycles. The zero-order valence-corrected chi connectivity index (χ0v) is 8.54. The van der Waals surface area contributed by atoms with Crippen molar-refractivity contribution >= 4 is 5.97 Å². The largest absolute Gasteiger partial charge is 0.465 e. The average molecular weight is 190 g/mol. The summed E-state index contributed by atoms with van der Waals surface area (Å²) in [5, 5.41) is 0. The Labute approximate surface area is 84.2 Å². The molecule has 74 valence electrons. The summed E-state index contributed by atoms with van der Waals surface area (Å²) in [6.45, 7) is 5.65. The smallest absolute Gasteiger partial charge is 0.338 e. The Morgan fingerprint density at radius 1 is 1.57 bits per heavy atom. The van der Waals surface area contributed by atoms with Crippen LogP contribution in [0.3, 0.4) is 0 Å². The van der Waals surface area contributed by atoms with Crippen LogP contribution in [0.25, 0.3) is 0 Å². The normalized spacial score (nSPS) is 9.57. The summed E-state index contributed by atoms with van der Waals surface area (Å²) in [7, 11) is 1.39. The van der Waals surface area contributed by atoms with E-state index in [2.05, 4.69) is 6.58 Å². The predicted octanol–water partition coefficient (Wildman–Crippen LogP) is 2.51. The lowest BCUT2D eigenvalue weighted by molar-refractivity contribution is 0.0599. The van der Waals surface area contributed by atoms with Gasteiger partial charge in [-0.15, -0.1) is 6.58 Å². The molecule has 1 aromatic carbocycles. The highest BCUT2D eigenvalue weighted by molar-refractivity contribution is 5.91. The van der Waals surface area contributed by atoms with Crippen LogP contribution in [-0.4, -0.2) is 13.1 Å². The molecular weight excluding hydrogens is 176 g/mol. The molecule has 0 N–H and O–H groups in total. The van der Waals surface area contributed by atoms with E-state index in [1.165, 1.54) is 7.11 Å². The Kier molecular flexibility index (Phi) is 3.46. The van der Waals surface area contributed by atoms with E-state index < -0.39 is 0 Å². The second kappa shape index (κ2) is 4.61. The van der Waals surface area contributed by atoms with E-state index >= 15 is 0 Å². The first-order valence-electron chi connectivity index (χ1n) is 4.48. The van der Waals surface area contributed by atoms with Gasteiger partial charge in [0.25, 0.3) is 0 Å². The van der Waals surface area contributed by atoms with Crippen LogP contribution < -0.4 is 0 Å². The van der Waals surface area contributed by atoms with Crippen molar-refractivity contribution in [1.29, 1.82) is 0 Å². The van der Waals surface area contributed by atoms with Crippen LogP contribution in [0.1, 0.15) is 21.5 Å². The van der Waals surface area contributed by atoms with E-state index in [-0.39, 0.29) is 5.97 Å². The van der Waals surface area contributed by atoms with Crippen molar-refractivity contribution in [3.8, 4) is 0 Å². The van der Waals surface area contributed by atoms with E-state index in [1.54, 1.807) is 12.1 Å². The van der Waals surface area contributed by atoms with Crippen LogP contribution in [0.4, 0.5) is 0 Å². The third-order valence-electron chi connectivity index (χ3n) is 2.16. The SMILES string of the molecule is C=CCc1c(C)cccc1C(=O)OC. The summed E-state index contributed by atoms with van der Waals surface area (Å²) in [6.07, 6.45) is 2.48. The first-order chi connectivity index (χ1) is 6.70. The monoisotopic (exact) mass is 190 g/mol. The van der Waals surface area contributed by atoms with Gasteiger partial charge in [0.15, 0.2) is 0 Å². The lowest BCUT2D eigenvalue weighted by Gasteiger charge is -2.08. The third-order valence-corrected chi connectivity index (χ3v) is 2.16. The third kappa shape index (κ3) is 2.02. The van der Waals surface area contributed by atoms with Crippen LogP contribution >= 0.6 is 0 Å². The van der Waals surface area contributed by atoms with E-state index in [9.17, 15) is 4.79 Å². The Morgan fingerprint density at radius 2 is 2.29 bits per heavy atom. The number of benzene rings is 1. The average Bonchev–Trinajstić information content (AvgIpc) is 2.20. The molecule has 0 radical (unpaired) electrons. The van der Waals surface area contributed by atoms with Gasteiger partial charge in [-0.1, -0.05) is 18.2 Å². The Morgan fingerprint density at radius 3 is 2.86 bits per heavy atom. The fourth-order valence-electron chi connectivity index (χ4n) is 1.42. The molecule has 14 heavy (non-hydrogen) atoms. The summed E-state index contributed by atoms with van der Waals surface area (Å²) < 4.78 is 4.71. The van der Waals surface area contributed by atoms with Crippen molar-refractivity contribution in [1.82, 2.24) is 0 Å². The topological polar surface area (TPSA) is 26.3 Å². The van der Waals surface area contributed by atoms with Gasteiger partial charge in [-0.2, -0.15) is 0 Å². The molecule has 1 aromatic rings. The van der Waals surface area contributed by atoms with Gasteiger partial charge in [0.1, 0.15) is 0 Å². The zero-order valence-electron chi connectivity index (χ0n) is 8.54. The summed E-state index contributed by atoms with van der Waals surface area (Å²) in [5.74, 6) is -0.287. The fraction of sp³-hybridized carbons (Fsp3) is 0.250. The summed E-state index contributed by atoms with van der Waals surface area (Å²) in [5.41, 5.74) is 2.72. The van der Waals surface area contributed by atoms with Crippen molar-refractivity contribution in [3.05, 3.63) is 47.5 Å². The first-order valence-corrected chi connectivity index (χ1v) is 4.48. The minimum atomic E-state index is -0.287. The minimum Gasteiger partial charge on any atom is -0.465 e. The second-order valence-corrected chi connectivity index (χ2v) is 3.09. The molecule has 0 aliphatic heterocycles. The second-order valence-electron chi connectivity index (χ2n) is 3.09. The molecule has 0 aliphatic carbocycles. The lowest BCUT2D eigenvalue weighted by atomic mass is 9.99. The number of esters is 1. The molecule has 0 fully saturated rings. The highest BCUT2D eigenvalue weighted by Gasteiger charge is 2.11. The van der Waals surface area contributed by atoms with Gasteiger partial charge in [-0.25, -0.2) is 4.79 Å². The van der Waals surface area contributed by atoms with Crippen molar-refractivity contribution in [2.45, 2.75) is 13.3 Å². The maximum absolute atomic E-state index is 11.4. The van der Waals surface area contributed by atoms with Gasteiger partial charge in [0.05, 0.1) is 12.7 Å². The zero-order chi connectivity index (χ0) is 10.6. The van der Waals surface area contributed by atoms with Crippen LogP contribution in [0, 0.1) is 6.92 Å². The highest BCUT2D eigenvalue weighted by Crippen LogP contribution is 2.16. The summed E-state index contributed by atoms with van der Waals surface area (Å²) in [6, 6.07) is 5.61. The van der Waals surface area contributed by atoms with Gasteiger partial charge in [0, 0.05) is 0 Å². The number of allylic oxidation sites excluding steroid dienone is 1. The lowest BCUT2D eigenvalue weighted by Crippen LogP contribution is -2.06. The number of ether oxygens (including phenoxy) is 1. The molecule has 1 rings (SSSR count). The van der Waals surface area contributed by atoms with E-state index in [1.807, 2.05) is 19.1 Å². The Bertz CT molecular complexity index is 353. The minimum absolute atomic E-state index is 0.287. The maximum Gasteiger partial charge on any atom is 0.338 e. The molecular formula is C12H14O2. The Balaban J connectivity index is 3.20. The van der Waals surface area contributed by atoms with Gasteiger partial charge < -0.3 is 4.74 Å². The summed E-state index contributed by atoms with van der Waals surface area (Å²) in [4.78, 5) is 11.4. The molecule has 2 heteroatoms. The number of methoxy groups -OCH3 is 1. The molecule has 0 bridgehead atoms. The standard InChI is InChI=1S/C12H14O2/c1-4-6-10-9(2)7-5-8-11(10)12(13)14-3/h4-5,7-8H,1,6H2,2-3H3. The van der Waals surface area contributed by atoms with Gasteiger partial charge in [-0.05, 0) is 30.5 Å². The van der Waals surface area contributed by atoms with Crippen molar-refractivity contribution < 1.29 is 9.53 Å². The van der Waals surface area contributed by atoms with Crippen LogP contribution in [0.5, 0.6) is 0 Å². The number of hydrogen-bond donors (Lipinski definition) is 0. The number of aryl methyl sites for hydroxylation is 1. The number of hydrogen-bond acceptors (Lipinski definition) is 2.